The Bertz CT molecular complexity index is 1010. The Kier molecular flexibility index (Phi) is 7.67. The Labute approximate surface area is 218 Å². The maximum atomic E-state index is 13.6. The van der Waals surface area contributed by atoms with Crippen molar-refractivity contribution in [3.8, 4) is 0 Å². The van der Waals surface area contributed by atoms with Gasteiger partial charge in [-0.3, -0.25) is 9.59 Å². The summed E-state index contributed by atoms with van der Waals surface area (Å²) in [6.45, 7) is 4.59. The molecule has 2 saturated heterocycles. The predicted molar refractivity (Wildman–Crippen MR) is 138 cm³/mol. The highest BCUT2D eigenvalue weighted by atomic mass is 16.5. The van der Waals surface area contributed by atoms with Crippen molar-refractivity contribution in [1.82, 2.24) is 15.2 Å². The molecule has 1 spiro atoms. The number of urea groups is 1. The molecule has 1 saturated carbocycles. The molecule has 1 aliphatic carbocycles. The van der Waals surface area contributed by atoms with Gasteiger partial charge in [-0.2, -0.15) is 0 Å². The highest BCUT2D eigenvalue weighted by Crippen LogP contribution is 2.44. The number of pyridine rings is 1. The van der Waals surface area contributed by atoms with Crippen LogP contribution in [0.1, 0.15) is 63.9 Å². The minimum absolute atomic E-state index is 0.0336. The molecule has 0 aromatic carbocycles. The lowest BCUT2D eigenvalue weighted by atomic mass is 9.76. The third-order valence-electron chi connectivity index (χ3n) is 8.85. The molecule has 5 rings (SSSR count). The number of aromatic nitrogens is 1. The fourth-order valence-electron chi connectivity index (χ4n) is 6.28. The lowest BCUT2D eigenvalue weighted by molar-refractivity contribution is -0.124. The van der Waals surface area contributed by atoms with Gasteiger partial charge in [0.25, 0.3) is 0 Å². The molecule has 10 nitrogen and oxygen atoms in total. The molecule has 0 bridgehead atoms. The van der Waals surface area contributed by atoms with Crippen LogP contribution in [0.5, 0.6) is 0 Å². The summed E-state index contributed by atoms with van der Waals surface area (Å²) in [5, 5.41) is 8.96. The summed E-state index contributed by atoms with van der Waals surface area (Å²) in [6.07, 6.45) is 8.37. The van der Waals surface area contributed by atoms with Gasteiger partial charge >= 0.3 is 6.03 Å². The van der Waals surface area contributed by atoms with Crippen molar-refractivity contribution in [2.75, 3.05) is 44.1 Å². The van der Waals surface area contributed by atoms with Crippen molar-refractivity contribution in [3.63, 3.8) is 0 Å². The van der Waals surface area contributed by atoms with E-state index in [1.54, 1.807) is 24.2 Å². The number of nitrogens with one attached hydrogen (secondary N) is 3. The van der Waals surface area contributed by atoms with Gasteiger partial charge in [-0.1, -0.05) is 19.8 Å². The number of nitrogens with zero attached hydrogens (tertiary/aromatic N) is 2. The molecule has 4 amide bonds. The summed E-state index contributed by atoms with van der Waals surface area (Å²) in [5.74, 6) is 0.747. The molecule has 1 atom stereocenters. The van der Waals surface area contributed by atoms with Crippen LogP contribution in [0, 0.1) is 11.8 Å². The van der Waals surface area contributed by atoms with E-state index >= 15 is 0 Å². The Morgan fingerprint density at radius 1 is 1.08 bits per heavy atom. The third kappa shape index (κ3) is 5.31. The molecule has 0 radical (unpaired) electrons. The van der Waals surface area contributed by atoms with Crippen LogP contribution in [-0.4, -0.2) is 73.3 Å². The molecule has 1 aromatic rings. The van der Waals surface area contributed by atoms with Crippen molar-refractivity contribution in [2.45, 2.75) is 75.8 Å². The van der Waals surface area contributed by atoms with Crippen LogP contribution in [0.2, 0.25) is 0 Å². The number of carbonyl (C=O) groups excluding carboxylic acids is 3. The van der Waals surface area contributed by atoms with Crippen molar-refractivity contribution in [3.05, 3.63) is 17.8 Å². The SMILES string of the molecule is CC1CCC(C(NC(=O)N(C)C2CCOCC2)C(=O)Nc2cc3c(cn2)C2(CCOCC2)C(=O)N3)CC1. The zero-order valence-corrected chi connectivity index (χ0v) is 21.9. The lowest BCUT2D eigenvalue weighted by Gasteiger charge is -2.36. The molecule has 3 fully saturated rings. The molecule has 37 heavy (non-hydrogen) atoms. The number of anilines is 2. The van der Waals surface area contributed by atoms with Crippen LogP contribution in [0.3, 0.4) is 0 Å². The van der Waals surface area contributed by atoms with Crippen molar-refractivity contribution in [1.29, 1.82) is 0 Å². The van der Waals surface area contributed by atoms with Gasteiger partial charge in [-0.25, -0.2) is 9.78 Å². The van der Waals surface area contributed by atoms with Crippen LogP contribution >= 0.6 is 0 Å². The predicted octanol–water partition coefficient (Wildman–Crippen LogP) is 3.04. The standard InChI is InChI=1S/C27H39N5O5/c1-17-3-5-18(6-4-17)23(31-26(35)32(2)19-7-11-36-12-8-19)24(33)30-22-15-21-20(16-28-22)27(25(34)29-21)9-13-37-14-10-27/h15-19,23H,3-14H2,1-2H3,(H,29,34)(H,31,35)(H,28,30,33). The average molecular weight is 514 g/mol. The molecule has 4 heterocycles. The second kappa shape index (κ2) is 10.9. The zero-order valence-electron chi connectivity index (χ0n) is 21.9. The molecule has 202 valence electrons. The third-order valence-corrected chi connectivity index (χ3v) is 8.85. The number of ether oxygens (including phenoxy) is 2. The Hall–Kier alpha value is -2.72. The number of amides is 4. The summed E-state index contributed by atoms with van der Waals surface area (Å²) >= 11 is 0. The van der Waals surface area contributed by atoms with Crippen molar-refractivity contribution < 1.29 is 23.9 Å². The maximum Gasteiger partial charge on any atom is 0.318 e. The van der Waals surface area contributed by atoms with Crippen LogP contribution in [0.15, 0.2) is 12.3 Å². The van der Waals surface area contributed by atoms with Crippen LogP contribution in [0.4, 0.5) is 16.3 Å². The monoisotopic (exact) mass is 513 g/mol. The van der Waals surface area contributed by atoms with Gasteiger partial charge in [-0.15, -0.1) is 0 Å². The topological polar surface area (TPSA) is 122 Å². The average Bonchev–Trinajstić information content (AvgIpc) is 3.17. The molecule has 1 aromatic heterocycles. The van der Waals surface area contributed by atoms with Crippen LogP contribution in [-0.2, 0) is 24.5 Å². The molecule has 3 N–H and O–H groups in total. The Morgan fingerprint density at radius 3 is 2.46 bits per heavy atom. The fourth-order valence-corrected chi connectivity index (χ4v) is 6.28. The Morgan fingerprint density at radius 2 is 1.76 bits per heavy atom. The minimum atomic E-state index is -0.659. The van der Waals surface area contributed by atoms with Gasteiger partial charge in [0.05, 0.1) is 11.1 Å². The lowest BCUT2D eigenvalue weighted by Crippen LogP contribution is -2.55. The molecular formula is C27H39N5O5. The summed E-state index contributed by atoms with van der Waals surface area (Å²) in [4.78, 5) is 45.8. The van der Waals surface area contributed by atoms with E-state index in [1.807, 2.05) is 0 Å². The number of carbonyl (C=O) groups is 3. The van der Waals surface area contributed by atoms with E-state index in [9.17, 15) is 14.4 Å². The van der Waals surface area contributed by atoms with Gasteiger partial charge < -0.3 is 30.3 Å². The van der Waals surface area contributed by atoms with E-state index in [2.05, 4.69) is 27.9 Å². The highest BCUT2D eigenvalue weighted by molar-refractivity contribution is 6.07. The molecular weight excluding hydrogens is 474 g/mol. The van der Waals surface area contributed by atoms with Gasteiger partial charge in [0.2, 0.25) is 11.8 Å². The normalized spacial score (nSPS) is 26.2. The highest BCUT2D eigenvalue weighted by Gasteiger charge is 2.48. The summed E-state index contributed by atoms with van der Waals surface area (Å²) in [5.41, 5.74) is 0.944. The number of fused-ring (bicyclic) bond motifs is 2. The first-order chi connectivity index (χ1) is 17.9. The summed E-state index contributed by atoms with van der Waals surface area (Å²) in [6, 6.07) is 0.934. The maximum absolute atomic E-state index is 13.6. The second-order valence-electron chi connectivity index (χ2n) is 11.2. The number of hydrogen-bond acceptors (Lipinski definition) is 6. The van der Waals surface area contributed by atoms with E-state index < -0.39 is 11.5 Å². The van der Waals surface area contributed by atoms with E-state index in [4.69, 9.17) is 9.47 Å². The molecule has 3 aliphatic heterocycles. The van der Waals surface area contributed by atoms with Crippen molar-refractivity contribution in [2.24, 2.45) is 11.8 Å². The quantitative estimate of drug-likeness (QED) is 0.556. The number of hydrogen-bond donors (Lipinski definition) is 3. The fraction of sp³-hybridized carbons (Fsp3) is 0.704. The van der Waals surface area contributed by atoms with E-state index in [0.29, 0.717) is 56.7 Å². The smallest absolute Gasteiger partial charge is 0.318 e. The van der Waals surface area contributed by atoms with Crippen LogP contribution in [0.25, 0.3) is 0 Å². The summed E-state index contributed by atoms with van der Waals surface area (Å²) in [7, 11) is 1.79. The molecule has 1 unspecified atom stereocenters. The number of rotatable bonds is 5. The molecule has 10 heteroatoms. The summed E-state index contributed by atoms with van der Waals surface area (Å²) < 4.78 is 10.9. The second-order valence-corrected chi connectivity index (χ2v) is 11.2. The zero-order chi connectivity index (χ0) is 26.0. The Balaban J connectivity index is 1.31. The van der Waals surface area contributed by atoms with E-state index in [0.717, 1.165) is 44.1 Å². The van der Waals surface area contributed by atoms with Crippen molar-refractivity contribution >= 4 is 29.4 Å². The largest absolute Gasteiger partial charge is 0.381 e. The first-order valence-electron chi connectivity index (χ1n) is 13.7. The van der Waals surface area contributed by atoms with E-state index in [-0.39, 0.29) is 29.8 Å². The van der Waals surface area contributed by atoms with Gasteiger partial charge in [-0.05, 0) is 50.4 Å². The first kappa shape index (κ1) is 25.9. The van der Waals surface area contributed by atoms with Gasteiger partial charge in [0.1, 0.15) is 11.9 Å². The van der Waals surface area contributed by atoms with E-state index in [1.165, 1.54) is 0 Å². The minimum Gasteiger partial charge on any atom is -0.381 e. The first-order valence-corrected chi connectivity index (χ1v) is 13.7. The van der Waals surface area contributed by atoms with Gasteiger partial charge in [0, 0.05) is 57.3 Å². The van der Waals surface area contributed by atoms with Crippen LogP contribution < -0.4 is 16.0 Å². The van der Waals surface area contributed by atoms with Gasteiger partial charge in [0.15, 0.2) is 0 Å². The molecule has 4 aliphatic rings.